The first-order valence-corrected chi connectivity index (χ1v) is 11.4. The molecule has 1 aliphatic rings. The molecule has 1 aliphatic heterocycles. The van der Waals surface area contributed by atoms with Crippen LogP contribution in [0.4, 0.5) is 0 Å². The first-order chi connectivity index (χ1) is 13.4. The molecule has 1 saturated heterocycles. The molecule has 0 bridgehead atoms. The second-order valence-electron chi connectivity index (χ2n) is 8.02. The van der Waals surface area contributed by atoms with E-state index in [0.717, 1.165) is 22.3 Å². The Bertz CT molecular complexity index is 859. The van der Waals surface area contributed by atoms with Gasteiger partial charge in [0.2, 0.25) is 15.9 Å². The van der Waals surface area contributed by atoms with Gasteiger partial charge in [0.1, 0.15) is 6.54 Å². The lowest BCUT2D eigenvalue weighted by Crippen LogP contribution is -2.44. The minimum Gasteiger partial charge on any atom is -0.462 e. The lowest BCUT2D eigenvalue weighted by molar-refractivity contribution is -0.147. The quantitative estimate of drug-likeness (QED) is 0.708. The number of rotatable bonds is 6. The Hall–Kier alpha value is -1.93. The van der Waals surface area contributed by atoms with E-state index in [9.17, 15) is 18.0 Å². The monoisotopic (exact) mass is 424 g/mol. The molecule has 0 saturated carbocycles. The lowest BCUT2D eigenvalue weighted by atomic mass is 9.97. The van der Waals surface area contributed by atoms with Crippen molar-refractivity contribution >= 4 is 21.9 Å². The van der Waals surface area contributed by atoms with Crippen molar-refractivity contribution in [2.75, 3.05) is 19.6 Å². The molecular weight excluding hydrogens is 392 g/mol. The minimum absolute atomic E-state index is 0.170. The van der Waals surface area contributed by atoms with Crippen LogP contribution in [0.3, 0.4) is 0 Å². The van der Waals surface area contributed by atoms with E-state index >= 15 is 0 Å². The molecule has 0 aliphatic carbocycles. The van der Waals surface area contributed by atoms with Crippen LogP contribution in [0.15, 0.2) is 11.0 Å². The number of aryl methyl sites for hydroxylation is 2. The fraction of sp³-hybridized carbons (Fsp3) is 0.619. The predicted molar refractivity (Wildman–Crippen MR) is 111 cm³/mol. The predicted octanol–water partition coefficient (Wildman–Crippen LogP) is 2.39. The van der Waals surface area contributed by atoms with E-state index in [4.69, 9.17) is 4.74 Å². The highest BCUT2D eigenvalue weighted by Crippen LogP contribution is 2.31. The maximum absolute atomic E-state index is 13.3. The molecule has 1 aromatic carbocycles. The maximum Gasteiger partial charge on any atom is 0.325 e. The number of hydrogen-bond donors (Lipinski definition) is 1. The van der Waals surface area contributed by atoms with E-state index < -0.39 is 16.0 Å². The Balaban J connectivity index is 2.04. The summed E-state index contributed by atoms with van der Waals surface area (Å²) < 4.78 is 33.1. The summed E-state index contributed by atoms with van der Waals surface area (Å²) in [5.74, 6) is -1.02. The van der Waals surface area contributed by atoms with Gasteiger partial charge >= 0.3 is 5.97 Å². The van der Waals surface area contributed by atoms with E-state index in [1.165, 1.54) is 4.31 Å². The van der Waals surface area contributed by atoms with E-state index in [1.54, 1.807) is 13.8 Å². The van der Waals surface area contributed by atoms with Gasteiger partial charge in [-0.2, -0.15) is 4.31 Å². The number of piperidine rings is 1. The molecule has 0 radical (unpaired) electrons. The third-order valence-electron chi connectivity index (χ3n) is 5.49. The van der Waals surface area contributed by atoms with Gasteiger partial charge in [0.05, 0.1) is 11.0 Å². The van der Waals surface area contributed by atoms with Crippen molar-refractivity contribution in [2.45, 2.75) is 65.4 Å². The molecule has 1 aromatic rings. The van der Waals surface area contributed by atoms with Gasteiger partial charge in [0.25, 0.3) is 0 Å². The third-order valence-corrected chi connectivity index (χ3v) is 7.67. The molecule has 1 heterocycles. The van der Waals surface area contributed by atoms with Crippen LogP contribution in [-0.4, -0.2) is 50.3 Å². The summed E-state index contributed by atoms with van der Waals surface area (Å²) in [7, 11) is -3.63. The Labute approximate surface area is 173 Å². The molecule has 0 aromatic heterocycles. The number of esters is 1. The second-order valence-corrected chi connectivity index (χ2v) is 9.90. The zero-order chi connectivity index (χ0) is 21.9. The van der Waals surface area contributed by atoms with Crippen LogP contribution in [0.1, 0.15) is 48.9 Å². The molecule has 1 N–H and O–H groups in total. The van der Waals surface area contributed by atoms with Gasteiger partial charge in [-0.25, -0.2) is 8.42 Å². The summed E-state index contributed by atoms with van der Waals surface area (Å²) in [6.45, 7) is 11.4. The number of hydrogen-bond acceptors (Lipinski definition) is 5. The average molecular weight is 425 g/mol. The third kappa shape index (κ3) is 5.36. The molecule has 1 amide bonds. The smallest absolute Gasteiger partial charge is 0.325 e. The summed E-state index contributed by atoms with van der Waals surface area (Å²) >= 11 is 0. The second kappa shape index (κ2) is 9.26. The normalized spacial score (nSPS) is 16.1. The summed E-state index contributed by atoms with van der Waals surface area (Å²) in [6, 6.07) is 2.00. The van der Waals surface area contributed by atoms with E-state index in [2.05, 4.69) is 5.32 Å². The first kappa shape index (κ1) is 23.3. The molecule has 2 rings (SSSR count). The SMILES string of the molecule is Cc1cc(C)c(C)c(S(=O)(=O)N2CCC(C(=O)NCC(=O)OC(C)C)CC2)c1C. The first-order valence-electron chi connectivity index (χ1n) is 9.99. The van der Waals surface area contributed by atoms with Crippen LogP contribution < -0.4 is 5.32 Å². The number of amides is 1. The summed E-state index contributed by atoms with van der Waals surface area (Å²) in [4.78, 5) is 24.3. The van der Waals surface area contributed by atoms with Crippen molar-refractivity contribution < 1.29 is 22.7 Å². The Kier molecular flexibility index (Phi) is 7.45. The Morgan fingerprint density at radius 3 is 2.10 bits per heavy atom. The van der Waals surface area contributed by atoms with Crippen molar-refractivity contribution in [1.82, 2.24) is 9.62 Å². The van der Waals surface area contributed by atoms with Crippen molar-refractivity contribution in [3.8, 4) is 0 Å². The van der Waals surface area contributed by atoms with Crippen molar-refractivity contribution in [3.05, 3.63) is 28.3 Å². The van der Waals surface area contributed by atoms with Crippen LogP contribution in [0.25, 0.3) is 0 Å². The average Bonchev–Trinajstić information content (AvgIpc) is 2.64. The van der Waals surface area contributed by atoms with Crippen molar-refractivity contribution in [2.24, 2.45) is 5.92 Å². The van der Waals surface area contributed by atoms with E-state index in [0.29, 0.717) is 17.7 Å². The van der Waals surface area contributed by atoms with Gasteiger partial charge in [-0.3, -0.25) is 9.59 Å². The van der Waals surface area contributed by atoms with Gasteiger partial charge < -0.3 is 10.1 Å². The zero-order valence-electron chi connectivity index (χ0n) is 18.2. The van der Waals surface area contributed by atoms with Crippen LogP contribution >= 0.6 is 0 Å². The molecular formula is C21H32N2O5S. The standard InChI is InChI=1S/C21H32N2O5S/c1-13(2)28-19(24)12-22-21(25)18-7-9-23(10-8-18)29(26,27)20-16(5)14(3)11-15(4)17(20)6/h11,13,18H,7-10,12H2,1-6H3,(H,22,25). The highest BCUT2D eigenvalue weighted by Gasteiger charge is 2.34. The van der Waals surface area contributed by atoms with Gasteiger partial charge in [0, 0.05) is 19.0 Å². The highest BCUT2D eigenvalue weighted by atomic mass is 32.2. The van der Waals surface area contributed by atoms with Gasteiger partial charge in [-0.15, -0.1) is 0 Å². The molecule has 162 valence electrons. The summed E-state index contributed by atoms with van der Waals surface area (Å²) in [6.07, 6.45) is 0.616. The molecule has 8 heteroatoms. The topological polar surface area (TPSA) is 92.8 Å². The number of nitrogens with one attached hydrogen (secondary N) is 1. The molecule has 0 spiro atoms. The van der Waals surface area contributed by atoms with Gasteiger partial charge in [-0.05, 0) is 76.6 Å². The zero-order valence-corrected chi connectivity index (χ0v) is 19.0. The number of nitrogens with zero attached hydrogens (tertiary/aromatic N) is 1. The Morgan fingerprint density at radius 2 is 1.62 bits per heavy atom. The van der Waals surface area contributed by atoms with Gasteiger partial charge in [-0.1, -0.05) is 6.07 Å². The van der Waals surface area contributed by atoms with E-state index in [1.807, 2.05) is 33.8 Å². The largest absolute Gasteiger partial charge is 0.462 e. The van der Waals surface area contributed by atoms with Crippen molar-refractivity contribution in [1.29, 1.82) is 0 Å². The number of carbonyl (C=O) groups is 2. The fourth-order valence-electron chi connectivity index (χ4n) is 3.66. The Morgan fingerprint density at radius 1 is 1.10 bits per heavy atom. The molecule has 0 unspecified atom stereocenters. The van der Waals surface area contributed by atoms with Crippen LogP contribution in [0.5, 0.6) is 0 Å². The van der Waals surface area contributed by atoms with Gasteiger partial charge in [0.15, 0.2) is 0 Å². The molecule has 1 fully saturated rings. The number of carbonyl (C=O) groups excluding carboxylic acids is 2. The number of sulfonamides is 1. The van der Waals surface area contributed by atoms with E-state index in [-0.39, 0.29) is 37.6 Å². The number of benzene rings is 1. The lowest BCUT2D eigenvalue weighted by Gasteiger charge is -2.31. The fourth-order valence-corrected chi connectivity index (χ4v) is 5.71. The maximum atomic E-state index is 13.3. The molecule has 29 heavy (non-hydrogen) atoms. The van der Waals surface area contributed by atoms with Crippen LogP contribution in [0, 0.1) is 33.6 Å². The molecule has 0 atom stereocenters. The molecule has 7 nitrogen and oxygen atoms in total. The van der Waals surface area contributed by atoms with Crippen LogP contribution in [-0.2, 0) is 24.3 Å². The minimum atomic E-state index is -3.63. The summed E-state index contributed by atoms with van der Waals surface area (Å²) in [5.41, 5.74) is 3.46. The van der Waals surface area contributed by atoms with Crippen LogP contribution in [0.2, 0.25) is 0 Å². The van der Waals surface area contributed by atoms with Crippen molar-refractivity contribution in [3.63, 3.8) is 0 Å². The summed E-state index contributed by atoms with van der Waals surface area (Å²) in [5, 5.41) is 2.59. The highest BCUT2D eigenvalue weighted by molar-refractivity contribution is 7.89. The number of ether oxygens (including phenoxy) is 1.